The van der Waals surface area contributed by atoms with Crippen LogP contribution in [0, 0.1) is 20.2 Å². The predicted octanol–water partition coefficient (Wildman–Crippen LogP) is 5.22. The summed E-state index contributed by atoms with van der Waals surface area (Å²) in [5, 5.41) is 27.3. The molecule has 3 aromatic rings. The Bertz CT molecular complexity index is 1340. The van der Waals surface area contributed by atoms with Crippen molar-refractivity contribution in [3.8, 4) is 0 Å². The molecule has 0 spiro atoms. The van der Waals surface area contributed by atoms with E-state index in [1.807, 2.05) is 0 Å². The van der Waals surface area contributed by atoms with E-state index in [1.54, 1.807) is 12.1 Å². The molecule has 0 radical (unpaired) electrons. The Labute approximate surface area is 202 Å². The molecule has 0 saturated heterocycles. The number of nitro benzene ring substituents is 2. The number of nitrogens with one attached hydrogen (secondary N) is 2. The number of hydrogen-bond acceptors (Lipinski definition) is 6. The zero-order valence-electron chi connectivity index (χ0n) is 17.0. The lowest BCUT2D eigenvalue weighted by Gasteiger charge is -2.12. The van der Waals surface area contributed by atoms with E-state index in [0.717, 1.165) is 6.07 Å². The Morgan fingerprint density at radius 2 is 1.62 bits per heavy atom. The van der Waals surface area contributed by atoms with Gasteiger partial charge < -0.3 is 10.6 Å². The van der Waals surface area contributed by atoms with Gasteiger partial charge in [0, 0.05) is 34.5 Å². The maximum Gasteiger partial charge on any atom is 0.289 e. The van der Waals surface area contributed by atoms with E-state index in [4.69, 9.17) is 23.2 Å². The first-order valence-corrected chi connectivity index (χ1v) is 10.2. The van der Waals surface area contributed by atoms with Crippen LogP contribution < -0.4 is 10.6 Å². The van der Waals surface area contributed by atoms with Crippen LogP contribution in [0.4, 0.5) is 17.1 Å². The van der Waals surface area contributed by atoms with E-state index in [2.05, 4.69) is 10.6 Å². The average molecular weight is 501 g/mol. The fourth-order valence-electron chi connectivity index (χ4n) is 2.81. The Morgan fingerprint density at radius 1 is 0.882 bits per heavy atom. The third-order valence-corrected chi connectivity index (χ3v) is 4.93. The van der Waals surface area contributed by atoms with Crippen LogP contribution in [0.3, 0.4) is 0 Å². The highest BCUT2D eigenvalue weighted by Gasteiger charge is 2.18. The molecule has 0 atom stereocenters. The number of halogens is 2. The topological polar surface area (TPSA) is 144 Å². The molecule has 0 saturated carbocycles. The van der Waals surface area contributed by atoms with Crippen molar-refractivity contribution in [3.63, 3.8) is 0 Å². The summed E-state index contributed by atoms with van der Waals surface area (Å²) in [6.45, 7) is 0. The summed E-state index contributed by atoms with van der Waals surface area (Å²) in [4.78, 5) is 46.6. The summed E-state index contributed by atoms with van der Waals surface area (Å²) in [6.07, 6.45) is 1.23. The normalized spacial score (nSPS) is 10.9. The standard InChI is InChI=1S/C22H14Cl2N4O6/c23-15-5-2-4-14(11-15)21(29)26-19(10-13-3-1-6-17(9-13)27(31)32)22(30)25-16-7-8-18(24)20(12-16)28(33)34/h1-12H,(H,25,30)(H,26,29). The molecule has 10 nitrogen and oxygen atoms in total. The summed E-state index contributed by atoms with van der Waals surface area (Å²) in [7, 11) is 0. The van der Waals surface area contributed by atoms with Crippen molar-refractivity contribution in [1.82, 2.24) is 5.32 Å². The lowest BCUT2D eigenvalue weighted by molar-refractivity contribution is -0.385. The molecule has 0 aromatic heterocycles. The number of nitro groups is 2. The van der Waals surface area contributed by atoms with E-state index < -0.39 is 27.3 Å². The summed E-state index contributed by atoms with van der Waals surface area (Å²) >= 11 is 11.7. The lowest BCUT2D eigenvalue weighted by atomic mass is 10.1. The number of rotatable bonds is 7. The minimum absolute atomic E-state index is 0.0445. The molecule has 2 N–H and O–H groups in total. The van der Waals surface area contributed by atoms with Gasteiger partial charge in [-0.1, -0.05) is 41.4 Å². The van der Waals surface area contributed by atoms with Crippen molar-refractivity contribution < 1.29 is 19.4 Å². The molecule has 0 bridgehead atoms. The van der Waals surface area contributed by atoms with Gasteiger partial charge in [-0.05, 0) is 42.0 Å². The average Bonchev–Trinajstić information content (AvgIpc) is 2.79. The van der Waals surface area contributed by atoms with Crippen LogP contribution in [0.15, 0.2) is 72.4 Å². The quantitative estimate of drug-likeness (QED) is 0.258. The van der Waals surface area contributed by atoms with Gasteiger partial charge in [-0.2, -0.15) is 0 Å². The molecular formula is C22H14Cl2N4O6. The van der Waals surface area contributed by atoms with Gasteiger partial charge in [0.15, 0.2) is 0 Å². The Kier molecular flexibility index (Phi) is 7.57. The number of anilines is 1. The van der Waals surface area contributed by atoms with Crippen molar-refractivity contribution >= 4 is 58.2 Å². The van der Waals surface area contributed by atoms with Gasteiger partial charge in [-0.25, -0.2) is 0 Å². The summed E-state index contributed by atoms with van der Waals surface area (Å²) in [5.41, 5.74) is -0.457. The predicted molar refractivity (Wildman–Crippen MR) is 127 cm³/mol. The molecule has 0 aliphatic carbocycles. The fourth-order valence-corrected chi connectivity index (χ4v) is 3.18. The largest absolute Gasteiger partial charge is 0.320 e. The van der Waals surface area contributed by atoms with Crippen molar-refractivity contribution in [2.45, 2.75) is 0 Å². The van der Waals surface area contributed by atoms with Gasteiger partial charge in [-0.15, -0.1) is 0 Å². The molecule has 12 heteroatoms. The molecule has 0 aliphatic rings. The highest BCUT2D eigenvalue weighted by Crippen LogP contribution is 2.27. The van der Waals surface area contributed by atoms with Gasteiger partial charge in [0.1, 0.15) is 10.7 Å². The van der Waals surface area contributed by atoms with E-state index >= 15 is 0 Å². The van der Waals surface area contributed by atoms with E-state index in [0.29, 0.717) is 5.02 Å². The van der Waals surface area contributed by atoms with Crippen LogP contribution in [0.1, 0.15) is 15.9 Å². The molecule has 3 aromatic carbocycles. The minimum atomic E-state index is -0.835. The third kappa shape index (κ3) is 6.15. The smallest absolute Gasteiger partial charge is 0.289 e. The molecule has 0 heterocycles. The van der Waals surface area contributed by atoms with E-state index in [1.165, 1.54) is 54.6 Å². The second kappa shape index (κ2) is 10.6. The zero-order chi connectivity index (χ0) is 24.8. The molecule has 0 aliphatic heterocycles. The molecule has 34 heavy (non-hydrogen) atoms. The minimum Gasteiger partial charge on any atom is -0.320 e. The molecule has 172 valence electrons. The molecule has 0 fully saturated rings. The Balaban J connectivity index is 1.97. The van der Waals surface area contributed by atoms with Crippen LogP contribution in [0.25, 0.3) is 6.08 Å². The molecule has 0 unspecified atom stereocenters. The van der Waals surface area contributed by atoms with Gasteiger partial charge in [-0.3, -0.25) is 29.8 Å². The first-order valence-electron chi connectivity index (χ1n) is 9.42. The van der Waals surface area contributed by atoms with Crippen LogP contribution in [0.5, 0.6) is 0 Å². The molecular weight excluding hydrogens is 487 g/mol. The van der Waals surface area contributed by atoms with Crippen molar-refractivity contribution in [1.29, 1.82) is 0 Å². The second-order valence-electron chi connectivity index (χ2n) is 6.75. The van der Waals surface area contributed by atoms with Crippen LogP contribution in [0.2, 0.25) is 10.0 Å². The number of carbonyl (C=O) groups excluding carboxylic acids is 2. The number of carbonyl (C=O) groups is 2. The maximum atomic E-state index is 13.0. The second-order valence-corrected chi connectivity index (χ2v) is 7.60. The summed E-state index contributed by atoms with van der Waals surface area (Å²) in [5.74, 6) is -1.50. The molecule has 3 rings (SSSR count). The van der Waals surface area contributed by atoms with Crippen LogP contribution in [-0.2, 0) is 4.79 Å². The van der Waals surface area contributed by atoms with Crippen molar-refractivity contribution in [2.24, 2.45) is 0 Å². The Hall–Kier alpha value is -4.28. The summed E-state index contributed by atoms with van der Waals surface area (Å²) < 4.78 is 0. The first kappa shape index (κ1) is 24.4. The van der Waals surface area contributed by atoms with Gasteiger partial charge in [0.25, 0.3) is 23.2 Å². The van der Waals surface area contributed by atoms with E-state index in [9.17, 15) is 29.8 Å². The fraction of sp³-hybridized carbons (Fsp3) is 0. The van der Waals surface area contributed by atoms with Crippen molar-refractivity contribution in [2.75, 3.05) is 5.32 Å². The SMILES string of the molecule is O=C(Nc1ccc(Cl)c([N+](=O)[O-])c1)C(=Cc1cccc([N+](=O)[O-])c1)NC(=O)c1cccc(Cl)c1. The third-order valence-electron chi connectivity index (χ3n) is 4.37. The number of non-ortho nitro benzene ring substituents is 1. The first-order chi connectivity index (χ1) is 16.1. The lowest BCUT2D eigenvalue weighted by Crippen LogP contribution is -2.30. The highest BCUT2D eigenvalue weighted by molar-refractivity contribution is 6.32. The van der Waals surface area contributed by atoms with E-state index in [-0.39, 0.29) is 33.2 Å². The monoisotopic (exact) mass is 500 g/mol. The van der Waals surface area contributed by atoms with Gasteiger partial charge in [0.05, 0.1) is 9.85 Å². The highest BCUT2D eigenvalue weighted by atomic mass is 35.5. The Morgan fingerprint density at radius 3 is 2.29 bits per heavy atom. The van der Waals surface area contributed by atoms with Gasteiger partial charge >= 0.3 is 0 Å². The van der Waals surface area contributed by atoms with Gasteiger partial charge in [0.2, 0.25) is 0 Å². The number of hydrogen-bond donors (Lipinski definition) is 2. The molecule has 2 amide bonds. The maximum absolute atomic E-state index is 13.0. The van der Waals surface area contributed by atoms with Crippen molar-refractivity contribution in [3.05, 3.63) is 114 Å². The van der Waals surface area contributed by atoms with Crippen LogP contribution >= 0.6 is 23.2 Å². The zero-order valence-corrected chi connectivity index (χ0v) is 18.5. The number of benzene rings is 3. The summed E-state index contributed by atoms with van der Waals surface area (Å²) in [6, 6.07) is 15.0. The number of amides is 2. The van der Waals surface area contributed by atoms with Crippen LogP contribution in [-0.4, -0.2) is 21.7 Å². The number of nitrogens with zero attached hydrogens (tertiary/aromatic N) is 2.